The van der Waals surface area contributed by atoms with Crippen molar-refractivity contribution in [1.29, 1.82) is 0 Å². The van der Waals surface area contributed by atoms with Crippen LogP contribution in [0.5, 0.6) is 0 Å². The van der Waals surface area contributed by atoms with Crippen molar-refractivity contribution in [2.45, 2.75) is 0 Å². The SMILES string of the molecule is [B]c1c([B])c([B])c(-c2cccc3c2c2ccccc2n3-c2nc(-c3ccccc3)nc(-c3ccc4oc5c(-c6ccccc6)cccc5c4c3)n2)c([B])c1[B]. The van der Waals surface area contributed by atoms with Gasteiger partial charge in [-0.05, 0) is 47.0 Å². The summed E-state index contributed by atoms with van der Waals surface area (Å²) in [6, 6.07) is 46.4. The van der Waals surface area contributed by atoms with Crippen molar-refractivity contribution in [3.05, 3.63) is 140 Å². The van der Waals surface area contributed by atoms with E-state index in [1.165, 1.54) is 0 Å². The van der Waals surface area contributed by atoms with Gasteiger partial charge in [0.1, 0.15) is 50.4 Å². The largest absolute Gasteiger partial charge is 0.455 e. The third-order valence-corrected chi connectivity index (χ3v) is 10.4. The fourth-order valence-corrected chi connectivity index (χ4v) is 7.68. The van der Waals surface area contributed by atoms with Crippen LogP contribution in [0.1, 0.15) is 0 Å². The summed E-state index contributed by atoms with van der Waals surface area (Å²) >= 11 is 0. The zero-order valence-electron chi connectivity index (χ0n) is 29.4. The zero-order valence-corrected chi connectivity index (χ0v) is 29.4. The fraction of sp³-hybridized carbons (Fsp3) is 0. The molecule has 0 fully saturated rings. The predicted octanol–water partition coefficient (Wildman–Crippen LogP) is 5.51. The highest BCUT2D eigenvalue weighted by atomic mass is 16.3. The van der Waals surface area contributed by atoms with Crippen LogP contribution in [0.2, 0.25) is 0 Å². The Bertz CT molecular complexity index is 3130. The molecule has 3 heterocycles. The maximum absolute atomic E-state index is 6.62. The summed E-state index contributed by atoms with van der Waals surface area (Å²) in [5.74, 6) is 1.47. The van der Waals surface area contributed by atoms with E-state index in [1.807, 2.05) is 102 Å². The second-order valence-electron chi connectivity index (χ2n) is 13.5. The van der Waals surface area contributed by atoms with Gasteiger partial charge in [-0.1, -0.05) is 120 Å². The van der Waals surface area contributed by atoms with Crippen LogP contribution in [0.25, 0.3) is 94.7 Å². The molecule has 7 aromatic carbocycles. The number of nitrogens with zero attached hydrogens (tertiary/aromatic N) is 4. The lowest BCUT2D eigenvalue weighted by Crippen LogP contribution is -2.55. The van der Waals surface area contributed by atoms with E-state index in [4.69, 9.17) is 58.6 Å². The maximum Gasteiger partial charge on any atom is 0.238 e. The third-order valence-electron chi connectivity index (χ3n) is 10.4. The summed E-state index contributed by atoms with van der Waals surface area (Å²) in [6.45, 7) is 0. The van der Waals surface area contributed by atoms with Crippen LogP contribution in [0, 0.1) is 0 Å². The molecule has 0 aliphatic carbocycles. The molecule has 0 saturated carbocycles. The molecule has 0 saturated heterocycles. The summed E-state index contributed by atoms with van der Waals surface area (Å²) in [5.41, 5.74) is 9.44. The minimum absolute atomic E-state index is 0.165. The maximum atomic E-state index is 6.62. The Morgan fingerprint density at radius 2 is 1.02 bits per heavy atom. The smallest absolute Gasteiger partial charge is 0.238 e. The zero-order chi connectivity index (χ0) is 37.4. The van der Waals surface area contributed by atoms with Crippen molar-refractivity contribution in [3.8, 4) is 51.0 Å². The minimum Gasteiger partial charge on any atom is -0.455 e. The number of aromatic nitrogens is 4. The van der Waals surface area contributed by atoms with Gasteiger partial charge < -0.3 is 4.42 Å². The normalized spacial score (nSPS) is 11.6. The van der Waals surface area contributed by atoms with Gasteiger partial charge in [0.05, 0.1) is 11.0 Å². The van der Waals surface area contributed by atoms with E-state index in [-0.39, 0.29) is 27.3 Å². The van der Waals surface area contributed by atoms with Crippen LogP contribution in [-0.4, -0.2) is 58.8 Å². The lowest BCUT2D eigenvalue weighted by atomic mass is 9.59. The molecule has 55 heavy (non-hydrogen) atoms. The highest BCUT2D eigenvalue weighted by molar-refractivity contribution is 6.69. The molecular formula is C45H23B5N4O. The number of benzene rings is 7. The van der Waals surface area contributed by atoms with Crippen molar-refractivity contribution in [2.75, 3.05) is 0 Å². The third kappa shape index (κ3) is 5.19. The molecule has 3 aromatic heterocycles. The molecule has 10 aromatic rings. The van der Waals surface area contributed by atoms with Crippen LogP contribution >= 0.6 is 0 Å². The Balaban J connectivity index is 1.23. The minimum atomic E-state index is 0.165. The van der Waals surface area contributed by atoms with Gasteiger partial charge in [-0.15, -0.1) is 16.4 Å². The Labute approximate surface area is 323 Å². The van der Waals surface area contributed by atoms with Gasteiger partial charge in [-0.2, -0.15) is 9.97 Å². The Hall–Kier alpha value is -6.53. The Morgan fingerprint density at radius 1 is 0.436 bits per heavy atom. The number of para-hydroxylation sites is 2. The summed E-state index contributed by atoms with van der Waals surface area (Å²) in [7, 11) is 32.1. The molecule has 0 spiro atoms. The van der Waals surface area contributed by atoms with Gasteiger partial charge in [0.25, 0.3) is 0 Å². The van der Waals surface area contributed by atoms with E-state index in [2.05, 4.69) is 42.5 Å². The molecule has 0 aliphatic heterocycles. The van der Waals surface area contributed by atoms with Gasteiger partial charge in [-0.3, -0.25) is 4.57 Å². The van der Waals surface area contributed by atoms with Crippen molar-refractivity contribution >= 4 is 110 Å². The summed E-state index contributed by atoms with van der Waals surface area (Å²) < 4.78 is 8.53. The van der Waals surface area contributed by atoms with E-state index in [0.29, 0.717) is 23.2 Å². The molecule has 10 rings (SSSR count). The molecule has 0 bridgehead atoms. The van der Waals surface area contributed by atoms with Gasteiger partial charge in [0.15, 0.2) is 11.6 Å². The first-order valence-electron chi connectivity index (χ1n) is 17.7. The predicted molar refractivity (Wildman–Crippen MR) is 230 cm³/mol. The van der Waals surface area contributed by atoms with Crippen molar-refractivity contribution in [1.82, 2.24) is 19.5 Å². The van der Waals surface area contributed by atoms with Crippen molar-refractivity contribution in [3.63, 3.8) is 0 Å². The van der Waals surface area contributed by atoms with Crippen molar-refractivity contribution < 1.29 is 4.42 Å². The summed E-state index contributed by atoms with van der Waals surface area (Å²) in [6.07, 6.45) is 0. The fourth-order valence-electron chi connectivity index (χ4n) is 7.68. The molecule has 244 valence electrons. The lowest BCUT2D eigenvalue weighted by Gasteiger charge is -2.22. The first-order chi connectivity index (χ1) is 26.9. The monoisotopic (exact) mass is 690 g/mol. The van der Waals surface area contributed by atoms with Gasteiger partial charge in [-0.25, -0.2) is 4.98 Å². The molecule has 0 amide bonds. The number of hydrogen-bond acceptors (Lipinski definition) is 4. The summed E-state index contributed by atoms with van der Waals surface area (Å²) in [4.78, 5) is 15.4. The van der Waals surface area contributed by atoms with Crippen molar-refractivity contribution in [2.24, 2.45) is 0 Å². The standard InChI is InChI=1S/C45H23B5N4O/c46-37-36(38(47)40(49)41(50)39(37)48)30-18-10-20-33-35(30)29-15-7-8-19-32(29)54(33)45-52-43(25-13-5-2-6-14-25)51-44(53-45)26-21-22-34-31(23-26)28-17-9-16-27(42(28)55-34)24-11-3-1-4-12-24/h1-23H. The van der Waals surface area contributed by atoms with E-state index in [0.717, 1.165) is 71.6 Å². The molecule has 10 heteroatoms. The highest BCUT2D eigenvalue weighted by Gasteiger charge is 2.22. The average Bonchev–Trinajstić information content (AvgIpc) is 3.79. The van der Waals surface area contributed by atoms with E-state index < -0.39 is 0 Å². The molecular weight excluding hydrogens is 667 g/mol. The molecule has 5 nitrogen and oxygen atoms in total. The summed E-state index contributed by atoms with van der Waals surface area (Å²) in [5, 5.41) is 3.79. The Morgan fingerprint density at radius 3 is 1.76 bits per heavy atom. The lowest BCUT2D eigenvalue weighted by molar-refractivity contribution is 0.670. The molecule has 0 aliphatic rings. The number of furan rings is 1. The molecule has 10 radical (unpaired) electrons. The number of rotatable bonds is 5. The molecule has 0 N–H and O–H groups in total. The van der Waals surface area contributed by atoms with Crippen LogP contribution in [0.4, 0.5) is 0 Å². The number of fused-ring (bicyclic) bond motifs is 6. The quantitative estimate of drug-likeness (QED) is 0.224. The topological polar surface area (TPSA) is 56.7 Å². The van der Waals surface area contributed by atoms with Crippen LogP contribution < -0.4 is 27.3 Å². The second kappa shape index (κ2) is 12.8. The van der Waals surface area contributed by atoms with Crippen LogP contribution in [0.3, 0.4) is 0 Å². The van der Waals surface area contributed by atoms with E-state index in [1.54, 1.807) is 0 Å². The highest BCUT2D eigenvalue weighted by Crippen LogP contribution is 2.39. The molecule has 0 atom stereocenters. The second-order valence-corrected chi connectivity index (χ2v) is 13.5. The van der Waals surface area contributed by atoms with E-state index >= 15 is 0 Å². The van der Waals surface area contributed by atoms with Crippen LogP contribution in [-0.2, 0) is 0 Å². The van der Waals surface area contributed by atoms with Crippen LogP contribution in [0.15, 0.2) is 144 Å². The van der Waals surface area contributed by atoms with Gasteiger partial charge >= 0.3 is 0 Å². The molecule has 0 unspecified atom stereocenters. The van der Waals surface area contributed by atoms with Gasteiger partial charge in [0, 0.05) is 38.2 Å². The van der Waals surface area contributed by atoms with Gasteiger partial charge in [0.2, 0.25) is 5.95 Å². The first kappa shape index (κ1) is 33.1. The first-order valence-corrected chi connectivity index (χ1v) is 17.7. The van der Waals surface area contributed by atoms with E-state index in [9.17, 15) is 0 Å². The average molecular weight is 690 g/mol. The Kier molecular flexibility index (Phi) is 7.70. The number of hydrogen-bond donors (Lipinski definition) is 0.